The van der Waals surface area contributed by atoms with Crippen molar-refractivity contribution in [3.63, 3.8) is 0 Å². The summed E-state index contributed by atoms with van der Waals surface area (Å²) in [5.41, 5.74) is 7.77. The molecule has 0 spiro atoms. The summed E-state index contributed by atoms with van der Waals surface area (Å²) in [6.07, 6.45) is -0.354. The molecule has 1 aromatic carbocycles. The molecule has 16 heavy (non-hydrogen) atoms. The van der Waals surface area contributed by atoms with E-state index < -0.39 is 12.2 Å². The van der Waals surface area contributed by atoms with Crippen LogP contribution in [0.15, 0.2) is 24.3 Å². The molecule has 4 N–H and O–H groups in total. The summed E-state index contributed by atoms with van der Waals surface area (Å²) < 4.78 is 0. The highest BCUT2D eigenvalue weighted by molar-refractivity contribution is 5.46. The number of benzene rings is 1. The number of hydrogen-bond acceptors (Lipinski definition) is 4. The van der Waals surface area contributed by atoms with Gasteiger partial charge in [-0.15, -0.1) is 0 Å². The van der Waals surface area contributed by atoms with Crippen molar-refractivity contribution in [1.82, 2.24) is 4.90 Å². The third kappa shape index (κ3) is 2.52. The van der Waals surface area contributed by atoms with Crippen LogP contribution in [0.3, 0.4) is 0 Å². The van der Waals surface area contributed by atoms with E-state index in [0.717, 1.165) is 24.2 Å². The van der Waals surface area contributed by atoms with Crippen molar-refractivity contribution in [3.05, 3.63) is 29.8 Å². The van der Waals surface area contributed by atoms with Crippen molar-refractivity contribution in [1.29, 1.82) is 0 Å². The maximum Gasteiger partial charge on any atom is 0.0938 e. The Labute approximate surface area is 95.3 Å². The van der Waals surface area contributed by atoms with Crippen LogP contribution in [0.5, 0.6) is 0 Å². The van der Waals surface area contributed by atoms with Gasteiger partial charge in [0.25, 0.3) is 0 Å². The Kier molecular flexibility index (Phi) is 3.43. The number of aliphatic hydroxyl groups is 2. The van der Waals surface area contributed by atoms with E-state index in [2.05, 4.69) is 4.90 Å². The molecule has 0 bridgehead atoms. The second-order valence-corrected chi connectivity index (χ2v) is 4.34. The van der Waals surface area contributed by atoms with Crippen LogP contribution in [-0.4, -0.2) is 47.0 Å². The van der Waals surface area contributed by atoms with E-state index in [1.807, 2.05) is 24.3 Å². The number of hydrogen-bond donors (Lipinski definition) is 3. The molecule has 2 atom stereocenters. The van der Waals surface area contributed by atoms with Crippen LogP contribution < -0.4 is 5.73 Å². The zero-order chi connectivity index (χ0) is 11.5. The Morgan fingerprint density at radius 2 is 1.81 bits per heavy atom. The van der Waals surface area contributed by atoms with E-state index in [0.29, 0.717) is 13.1 Å². The maximum absolute atomic E-state index is 9.40. The molecule has 0 aromatic heterocycles. The Hall–Kier alpha value is -1.10. The van der Waals surface area contributed by atoms with Gasteiger partial charge in [0.15, 0.2) is 0 Å². The molecule has 0 saturated carbocycles. The lowest BCUT2D eigenvalue weighted by Crippen LogP contribution is -2.24. The van der Waals surface area contributed by atoms with Crippen molar-refractivity contribution >= 4 is 5.69 Å². The molecular weight excluding hydrogens is 204 g/mol. The van der Waals surface area contributed by atoms with Gasteiger partial charge in [-0.2, -0.15) is 0 Å². The first-order valence-electron chi connectivity index (χ1n) is 5.58. The molecule has 1 aliphatic rings. The topological polar surface area (TPSA) is 69.7 Å². The molecule has 1 aromatic rings. The van der Waals surface area contributed by atoms with E-state index in [1.54, 1.807) is 0 Å². The lowest BCUT2D eigenvalue weighted by Gasteiger charge is -2.15. The number of anilines is 1. The Balaban J connectivity index is 1.87. The lowest BCUT2D eigenvalue weighted by molar-refractivity contribution is 0.0572. The minimum atomic E-state index is -0.604. The minimum Gasteiger partial charge on any atom is -0.399 e. The molecule has 2 rings (SSSR count). The van der Waals surface area contributed by atoms with Crippen LogP contribution in [-0.2, 0) is 6.42 Å². The number of nitrogens with zero attached hydrogens (tertiary/aromatic N) is 1. The van der Waals surface area contributed by atoms with Gasteiger partial charge in [-0.25, -0.2) is 0 Å². The summed E-state index contributed by atoms with van der Waals surface area (Å²) in [5.74, 6) is 0. The van der Waals surface area contributed by atoms with Gasteiger partial charge in [0, 0.05) is 25.3 Å². The van der Waals surface area contributed by atoms with Gasteiger partial charge in [0.1, 0.15) is 0 Å². The van der Waals surface area contributed by atoms with Crippen LogP contribution in [0.1, 0.15) is 5.56 Å². The van der Waals surface area contributed by atoms with Crippen molar-refractivity contribution in [3.8, 4) is 0 Å². The van der Waals surface area contributed by atoms with Gasteiger partial charge >= 0.3 is 0 Å². The monoisotopic (exact) mass is 222 g/mol. The van der Waals surface area contributed by atoms with Gasteiger partial charge in [-0.3, -0.25) is 4.90 Å². The number of nitrogens with two attached hydrogens (primary N) is 1. The summed E-state index contributed by atoms with van der Waals surface area (Å²) >= 11 is 0. The fourth-order valence-corrected chi connectivity index (χ4v) is 2.07. The van der Waals surface area contributed by atoms with Gasteiger partial charge in [0.2, 0.25) is 0 Å². The van der Waals surface area contributed by atoms with Gasteiger partial charge < -0.3 is 15.9 Å². The van der Waals surface area contributed by atoms with E-state index in [9.17, 15) is 10.2 Å². The lowest BCUT2D eigenvalue weighted by atomic mass is 10.1. The van der Waals surface area contributed by atoms with Crippen molar-refractivity contribution < 1.29 is 10.2 Å². The molecule has 0 aliphatic carbocycles. The second kappa shape index (κ2) is 4.82. The summed E-state index contributed by atoms with van der Waals surface area (Å²) in [7, 11) is 0. The highest BCUT2D eigenvalue weighted by atomic mass is 16.3. The predicted molar refractivity (Wildman–Crippen MR) is 63.0 cm³/mol. The van der Waals surface area contributed by atoms with Crippen molar-refractivity contribution in [2.24, 2.45) is 0 Å². The standard InChI is InChI=1S/C12H18N2O2/c13-10-4-2-1-3-9(10)5-6-14-7-11(15)12(16)8-14/h1-4,11-12,15-16H,5-8,13H2. The highest BCUT2D eigenvalue weighted by Crippen LogP contribution is 2.14. The number of rotatable bonds is 3. The van der Waals surface area contributed by atoms with Crippen LogP contribution in [0.25, 0.3) is 0 Å². The van der Waals surface area contributed by atoms with Gasteiger partial charge in [-0.1, -0.05) is 18.2 Å². The fraction of sp³-hybridized carbons (Fsp3) is 0.500. The third-order valence-electron chi connectivity index (χ3n) is 3.09. The Morgan fingerprint density at radius 1 is 1.19 bits per heavy atom. The molecule has 1 aliphatic heterocycles. The average molecular weight is 222 g/mol. The highest BCUT2D eigenvalue weighted by Gasteiger charge is 2.28. The fourth-order valence-electron chi connectivity index (χ4n) is 2.07. The molecule has 0 amide bonds. The number of para-hydroxylation sites is 1. The third-order valence-corrected chi connectivity index (χ3v) is 3.09. The normalized spacial score (nSPS) is 26.1. The van der Waals surface area contributed by atoms with Crippen LogP contribution in [0.4, 0.5) is 5.69 Å². The molecule has 88 valence electrons. The van der Waals surface area contributed by atoms with Crippen molar-refractivity contribution in [2.75, 3.05) is 25.4 Å². The van der Waals surface area contributed by atoms with Crippen LogP contribution in [0.2, 0.25) is 0 Å². The molecule has 0 radical (unpaired) electrons. The summed E-state index contributed by atoms with van der Waals surface area (Å²) in [4.78, 5) is 2.06. The number of likely N-dealkylation sites (tertiary alicyclic amines) is 1. The quantitative estimate of drug-likeness (QED) is 0.622. The first kappa shape index (κ1) is 11.4. The van der Waals surface area contributed by atoms with Gasteiger partial charge in [-0.05, 0) is 18.1 Å². The Morgan fingerprint density at radius 3 is 2.44 bits per heavy atom. The van der Waals surface area contributed by atoms with E-state index in [1.165, 1.54) is 0 Å². The Bertz CT molecular complexity index is 347. The summed E-state index contributed by atoms with van der Waals surface area (Å²) in [6.45, 7) is 1.92. The van der Waals surface area contributed by atoms with Crippen LogP contribution >= 0.6 is 0 Å². The second-order valence-electron chi connectivity index (χ2n) is 4.34. The van der Waals surface area contributed by atoms with E-state index >= 15 is 0 Å². The largest absolute Gasteiger partial charge is 0.399 e. The first-order chi connectivity index (χ1) is 7.66. The molecule has 1 fully saturated rings. The molecular formula is C12H18N2O2. The molecule has 2 unspecified atom stereocenters. The van der Waals surface area contributed by atoms with Crippen LogP contribution in [0, 0.1) is 0 Å². The SMILES string of the molecule is Nc1ccccc1CCN1CC(O)C(O)C1. The number of aliphatic hydroxyl groups excluding tert-OH is 2. The minimum absolute atomic E-state index is 0.550. The zero-order valence-corrected chi connectivity index (χ0v) is 9.21. The maximum atomic E-state index is 9.40. The first-order valence-corrected chi connectivity index (χ1v) is 5.58. The summed E-state index contributed by atoms with van der Waals surface area (Å²) in [6, 6.07) is 7.79. The smallest absolute Gasteiger partial charge is 0.0938 e. The van der Waals surface area contributed by atoms with E-state index in [4.69, 9.17) is 5.73 Å². The number of nitrogen functional groups attached to an aromatic ring is 1. The molecule has 4 heteroatoms. The molecule has 4 nitrogen and oxygen atoms in total. The number of β-amino-alcohol motifs (C(OH)–C–C–N with tert-alkyl or cyclic N) is 2. The van der Waals surface area contributed by atoms with E-state index in [-0.39, 0.29) is 0 Å². The van der Waals surface area contributed by atoms with Gasteiger partial charge in [0.05, 0.1) is 12.2 Å². The molecule has 1 heterocycles. The zero-order valence-electron chi connectivity index (χ0n) is 9.21. The molecule has 1 saturated heterocycles. The van der Waals surface area contributed by atoms with Crippen molar-refractivity contribution in [2.45, 2.75) is 18.6 Å². The summed E-state index contributed by atoms with van der Waals surface area (Å²) in [5, 5.41) is 18.8. The predicted octanol–water partition coefficient (Wildman–Crippen LogP) is -0.151. The average Bonchev–Trinajstić information content (AvgIpc) is 2.57.